The fraction of sp³-hybridized carbons (Fsp3) is 0.444. The molecule has 1 aliphatic carbocycles. The van der Waals surface area contributed by atoms with Crippen LogP contribution in [0.3, 0.4) is 0 Å². The van der Waals surface area contributed by atoms with Crippen LogP contribution < -0.4 is 21.3 Å². The molecule has 9 heteroatoms. The maximum absolute atomic E-state index is 12.5. The van der Waals surface area contributed by atoms with E-state index in [2.05, 4.69) is 15.3 Å². The minimum atomic E-state index is -0.637. The van der Waals surface area contributed by atoms with Gasteiger partial charge in [0.05, 0.1) is 19.3 Å². The number of amides is 1. The number of aliphatic hydroxyl groups excluding tert-OH is 1. The zero-order valence-corrected chi connectivity index (χ0v) is 15.1. The molecule has 3 N–H and O–H groups in total. The van der Waals surface area contributed by atoms with Gasteiger partial charge in [0.1, 0.15) is 6.54 Å². The smallest absolute Gasteiger partial charge is 0.328 e. The molecule has 0 bridgehead atoms. The lowest BCUT2D eigenvalue weighted by molar-refractivity contribution is -0.123. The first-order chi connectivity index (χ1) is 12.9. The lowest BCUT2D eigenvalue weighted by Crippen LogP contribution is -2.43. The molecule has 1 saturated carbocycles. The van der Waals surface area contributed by atoms with E-state index >= 15 is 0 Å². The fourth-order valence-electron chi connectivity index (χ4n) is 3.18. The monoisotopic (exact) mass is 374 g/mol. The molecule has 144 valence electrons. The summed E-state index contributed by atoms with van der Waals surface area (Å²) in [6.45, 7) is 1.35. The predicted molar refractivity (Wildman–Crippen MR) is 96.5 cm³/mol. The first kappa shape index (κ1) is 18.8. The number of aromatic amines is 1. The van der Waals surface area contributed by atoms with Crippen LogP contribution in [0.1, 0.15) is 30.0 Å². The Hall–Kier alpha value is -2.94. The molecular weight excluding hydrogens is 352 g/mol. The maximum Gasteiger partial charge on any atom is 0.328 e. The zero-order valence-electron chi connectivity index (χ0n) is 15.1. The minimum absolute atomic E-state index is 0.0770. The van der Waals surface area contributed by atoms with Gasteiger partial charge in [-0.3, -0.25) is 19.1 Å². The molecule has 1 amide bonds. The molecule has 0 saturated heterocycles. The van der Waals surface area contributed by atoms with Gasteiger partial charge in [-0.1, -0.05) is 6.07 Å². The molecule has 0 radical (unpaired) electrons. The SMILES string of the molecule is COc1ccc([C@H](NC(=O)Cn2cc(C)c(=O)[nH]c2=O)C2CC(O)C2)cn1. The van der Waals surface area contributed by atoms with Crippen LogP contribution in [0.15, 0.2) is 34.1 Å². The minimum Gasteiger partial charge on any atom is -0.481 e. The molecule has 9 nitrogen and oxygen atoms in total. The summed E-state index contributed by atoms with van der Waals surface area (Å²) in [7, 11) is 1.52. The van der Waals surface area contributed by atoms with Crippen molar-refractivity contribution in [2.45, 2.75) is 38.5 Å². The summed E-state index contributed by atoms with van der Waals surface area (Å²) in [6.07, 6.45) is 3.77. The predicted octanol–water partition coefficient (Wildman–Crippen LogP) is -0.123. The van der Waals surface area contributed by atoms with Crippen LogP contribution in [0.25, 0.3) is 0 Å². The van der Waals surface area contributed by atoms with Gasteiger partial charge < -0.3 is 15.2 Å². The van der Waals surface area contributed by atoms with Gasteiger partial charge in [0.25, 0.3) is 5.56 Å². The Morgan fingerprint density at radius 2 is 2.19 bits per heavy atom. The Kier molecular flexibility index (Phi) is 5.41. The number of pyridine rings is 1. The Balaban J connectivity index is 1.77. The van der Waals surface area contributed by atoms with E-state index < -0.39 is 11.2 Å². The van der Waals surface area contributed by atoms with Crippen molar-refractivity contribution in [3.8, 4) is 5.88 Å². The van der Waals surface area contributed by atoms with Gasteiger partial charge in [-0.15, -0.1) is 0 Å². The van der Waals surface area contributed by atoms with Crippen molar-refractivity contribution in [1.82, 2.24) is 19.9 Å². The number of hydrogen-bond acceptors (Lipinski definition) is 6. The first-order valence-corrected chi connectivity index (χ1v) is 8.65. The van der Waals surface area contributed by atoms with Crippen molar-refractivity contribution in [3.63, 3.8) is 0 Å². The van der Waals surface area contributed by atoms with Gasteiger partial charge in [0.15, 0.2) is 0 Å². The molecule has 2 aromatic rings. The largest absolute Gasteiger partial charge is 0.481 e. The van der Waals surface area contributed by atoms with E-state index in [0.717, 1.165) is 10.1 Å². The second kappa shape index (κ2) is 7.75. The van der Waals surface area contributed by atoms with Crippen LogP contribution in [0.5, 0.6) is 5.88 Å². The van der Waals surface area contributed by atoms with E-state index in [0.29, 0.717) is 24.3 Å². The molecule has 0 aliphatic heterocycles. The number of rotatable bonds is 6. The number of carbonyl (C=O) groups excluding carboxylic acids is 1. The summed E-state index contributed by atoms with van der Waals surface area (Å²) in [4.78, 5) is 42.2. The molecule has 0 aromatic carbocycles. The molecule has 3 rings (SSSR count). The highest BCUT2D eigenvalue weighted by Gasteiger charge is 2.35. The molecule has 2 heterocycles. The summed E-state index contributed by atoms with van der Waals surface area (Å²) in [6, 6.07) is 3.19. The third-order valence-corrected chi connectivity index (χ3v) is 4.77. The first-order valence-electron chi connectivity index (χ1n) is 8.65. The maximum atomic E-state index is 12.5. The Morgan fingerprint density at radius 1 is 1.44 bits per heavy atom. The summed E-state index contributed by atoms with van der Waals surface area (Å²) in [5, 5.41) is 12.6. The van der Waals surface area contributed by atoms with Gasteiger partial charge in [-0.25, -0.2) is 9.78 Å². The van der Waals surface area contributed by atoms with E-state index in [1.807, 2.05) is 6.07 Å². The van der Waals surface area contributed by atoms with Crippen molar-refractivity contribution in [3.05, 3.63) is 56.5 Å². The second-order valence-corrected chi connectivity index (χ2v) is 6.76. The third-order valence-electron chi connectivity index (χ3n) is 4.77. The molecule has 1 fully saturated rings. The number of ether oxygens (including phenoxy) is 1. The highest BCUT2D eigenvalue weighted by molar-refractivity contribution is 5.76. The van der Waals surface area contributed by atoms with Crippen molar-refractivity contribution >= 4 is 5.91 Å². The zero-order chi connectivity index (χ0) is 19.6. The topological polar surface area (TPSA) is 126 Å². The molecular formula is C18H22N4O5. The van der Waals surface area contributed by atoms with E-state index in [1.165, 1.54) is 13.3 Å². The number of H-pyrrole nitrogens is 1. The normalized spacial score (nSPS) is 19.8. The number of aliphatic hydroxyl groups is 1. The van der Waals surface area contributed by atoms with Crippen LogP contribution in [0.2, 0.25) is 0 Å². The van der Waals surface area contributed by atoms with Gasteiger partial charge in [-0.05, 0) is 31.2 Å². The van der Waals surface area contributed by atoms with Gasteiger partial charge in [-0.2, -0.15) is 0 Å². The highest BCUT2D eigenvalue weighted by atomic mass is 16.5. The number of aryl methyl sites for hydroxylation is 1. The van der Waals surface area contributed by atoms with Gasteiger partial charge >= 0.3 is 5.69 Å². The van der Waals surface area contributed by atoms with Crippen molar-refractivity contribution in [2.75, 3.05) is 7.11 Å². The van der Waals surface area contributed by atoms with Gasteiger partial charge in [0, 0.05) is 24.0 Å². The van der Waals surface area contributed by atoms with E-state index in [4.69, 9.17) is 4.74 Å². The number of hydrogen-bond donors (Lipinski definition) is 3. The quantitative estimate of drug-likeness (QED) is 0.647. The summed E-state index contributed by atoms with van der Waals surface area (Å²) >= 11 is 0. The average molecular weight is 374 g/mol. The molecule has 2 aromatic heterocycles. The number of nitrogens with one attached hydrogen (secondary N) is 2. The third kappa shape index (κ3) is 4.25. The Bertz CT molecular complexity index is 928. The second-order valence-electron chi connectivity index (χ2n) is 6.76. The fourth-order valence-corrected chi connectivity index (χ4v) is 3.18. The van der Waals surface area contributed by atoms with Crippen LogP contribution >= 0.6 is 0 Å². The van der Waals surface area contributed by atoms with Crippen LogP contribution in [-0.2, 0) is 11.3 Å². The van der Waals surface area contributed by atoms with Crippen molar-refractivity contribution in [1.29, 1.82) is 0 Å². The highest BCUT2D eigenvalue weighted by Crippen LogP contribution is 2.38. The summed E-state index contributed by atoms with van der Waals surface area (Å²) in [5.74, 6) is 0.173. The van der Waals surface area contributed by atoms with E-state index in [9.17, 15) is 19.5 Å². The van der Waals surface area contributed by atoms with Crippen molar-refractivity contribution in [2.24, 2.45) is 5.92 Å². The van der Waals surface area contributed by atoms with Crippen LogP contribution in [0.4, 0.5) is 0 Å². The van der Waals surface area contributed by atoms with E-state index in [-0.39, 0.29) is 30.5 Å². The van der Waals surface area contributed by atoms with Crippen LogP contribution in [0, 0.1) is 12.8 Å². The molecule has 27 heavy (non-hydrogen) atoms. The lowest BCUT2D eigenvalue weighted by Gasteiger charge is -2.38. The Morgan fingerprint density at radius 3 is 2.78 bits per heavy atom. The van der Waals surface area contributed by atoms with Crippen molar-refractivity contribution < 1.29 is 14.6 Å². The Labute approximate surface area is 155 Å². The van der Waals surface area contributed by atoms with E-state index in [1.54, 1.807) is 19.2 Å². The number of aromatic nitrogens is 3. The number of nitrogens with zero attached hydrogens (tertiary/aromatic N) is 2. The molecule has 0 unspecified atom stereocenters. The molecule has 0 spiro atoms. The lowest BCUT2D eigenvalue weighted by atomic mass is 9.75. The summed E-state index contributed by atoms with van der Waals surface area (Å²) in [5.41, 5.74) is 0.0382. The van der Waals surface area contributed by atoms with Gasteiger partial charge in [0.2, 0.25) is 11.8 Å². The standard InChI is InChI=1S/C18H22N4O5/c1-10-8-22(18(26)21-17(10)25)9-14(24)20-16(12-5-13(23)6-12)11-3-4-15(27-2)19-7-11/h3-4,7-8,12-13,16,23H,5-6,9H2,1-2H3,(H,20,24)(H,21,25,26)/t12?,13?,16-/m0/s1. The molecule has 1 atom stereocenters. The van der Waals surface area contributed by atoms with Crippen LogP contribution in [-0.4, -0.2) is 38.8 Å². The number of methoxy groups -OCH3 is 1. The molecule has 1 aliphatic rings. The number of carbonyl (C=O) groups is 1. The summed E-state index contributed by atoms with van der Waals surface area (Å²) < 4.78 is 6.21. The average Bonchev–Trinajstić information content (AvgIpc) is 2.62.